The van der Waals surface area contributed by atoms with Gasteiger partial charge in [0.1, 0.15) is 5.00 Å². The minimum absolute atomic E-state index is 0.265. The predicted molar refractivity (Wildman–Crippen MR) is 105 cm³/mol. The summed E-state index contributed by atoms with van der Waals surface area (Å²) in [4.78, 5) is 26.0. The molecule has 2 saturated heterocycles. The highest BCUT2D eigenvalue weighted by Crippen LogP contribution is 2.35. The highest BCUT2D eigenvalue weighted by atomic mass is 32.1. The Morgan fingerprint density at radius 1 is 1.15 bits per heavy atom. The van der Waals surface area contributed by atoms with Crippen LogP contribution in [0.4, 0.5) is 9.80 Å². The fourth-order valence-electron chi connectivity index (χ4n) is 3.78. The fourth-order valence-corrected chi connectivity index (χ4v) is 4.85. The molecule has 1 aromatic carbocycles. The van der Waals surface area contributed by atoms with Crippen LogP contribution in [0.2, 0.25) is 0 Å². The van der Waals surface area contributed by atoms with Crippen LogP contribution in [0.5, 0.6) is 0 Å². The number of ether oxygens (including phenoxy) is 1. The molecule has 2 aliphatic rings. The van der Waals surface area contributed by atoms with Crippen molar-refractivity contribution in [3.8, 4) is 10.4 Å². The first-order valence-electron chi connectivity index (χ1n) is 8.95. The van der Waals surface area contributed by atoms with Gasteiger partial charge in [-0.05, 0) is 30.0 Å². The maximum Gasteiger partial charge on any atom is 0.317 e. The monoisotopic (exact) mass is 386 g/mol. The summed E-state index contributed by atoms with van der Waals surface area (Å²) >= 11 is 1.28. The molecule has 1 aromatic heterocycles. The van der Waals surface area contributed by atoms with Crippen LogP contribution < -0.4 is 16.8 Å². The number of hydrogen-bond acceptors (Lipinski definition) is 5. The third-order valence-electron chi connectivity index (χ3n) is 5.00. The highest BCUT2D eigenvalue weighted by molar-refractivity contribution is 7.20. The smallest absolute Gasteiger partial charge is 0.317 e. The van der Waals surface area contributed by atoms with Gasteiger partial charge in [0.2, 0.25) is 0 Å². The summed E-state index contributed by atoms with van der Waals surface area (Å²) in [6.07, 6.45) is 3.11. The molecule has 4 rings (SSSR count). The molecule has 2 aliphatic heterocycles. The summed E-state index contributed by atoms with van der Waals surface area (Å²) in [5.41, 5.74) is 13.0. The van der Waals surface area contributed by atoms with Crippen LogP contribution in [0.15, 0.2) is 30.3 Å². The quantitative estimate of drug-likeness (QED) is 0.732. The van der Waals surface area contributed by atoms with E-state index in [2.05, 4.69) is 22.3 Å². The van der Waals surface area contributed by atoms with E-state index in [4.69, 9.17) is 16.2 Å². The molecule has 5 N–H and O–H groups in total. The van der Waals surface area contributed by atoms with E-state index in [0.29, 0.717) is 17.2 Å². The van der Waals surface area contributed by atoms with Crippen LogP contribution in [-0.2, 0) is 11.3 Å². The normalized spacial score (nSPS) is 21.9. The van der Waals surface area contributed by atoms with E-state index in [9.17, 15) is 9.59 Å². The minimum atomic E-state index is -0.722. The summed E-state index contributed by atoms with van der Waals surface area (Å²) in [7, 11) is 0. The number of morpholine rings is 1. The van der Waals surface area contributed by atoms with Crippen molar-refractivity contribution in [2.24, 2.45) is 11.5 Å². The number of hydrogen-bond donors (Lipinski definition) is 3. The Labute approximate surface area is 161 Å². The van der Waals surface area contributed by atoms with E-state index < -0.39 is 11.9 Å². The number of nitrogens with two attached hydrogens (primary N) is 2. The Hall–Kier alpha value is -2.42. The maximum atomic E-state index is 11.6. The van der Waals surface area contributed by atoms with E-state index >= 15 is 0 Å². The second-order valence-electron chi connectivity index (χ2n) is 7.06. The van der Waals surface area contributed by atoms with Crippen molar-refractivity contribution in [3.05, 3.63) is 41.5 Å². The molecule has 2 unspecified atom stereocenters. The standard InChI is InChI=1S/C19H22N4O3S/c20-17(24)15-7-16(27-18(15)22-19(21)25)12-3-1-11(2-4-12)8-23-9-13-5-6-14(10-23)26-13/h1-4,7,13-14H,5-6,8-10H2,(H2,20,24)(H3,21,22,25). The fraction of sp³-hybridized carbons (Fsp3) is 0.368. The van der Waals surface area contributed by atoms with Crippen molar-refractivity contribution in [1.82, 2.24) is 4.90 Å². The maximum absolute atomic E-state index is 11.6. The summed E-state index contributed by atoms with van der Waals surface area (Å²) in [5, 5.41) is 2.84. The molecule has 2 atom stereocenters. The Bertz CT molecular complexity index is 852. The number of amides is 3. The van der Waals surface area contributed by atoms with E-state index in [1.807, 2.05) is 12.1 Å². The molecule has 0 saturated carbocycles. The van der Waals surface area contributed by atoms with Gasteiger partial charge in [-0.3, -0.25) is 15.0 Å². The van der Waals surface area contributed by atoms with Crippen molar-refractivity contribution < 1.29 is 14.3 Å². The zero-order valence-electron chi connectivity index (χ0n) is 14.8. The molecule has 0 spiro atoms. The highest BCUT2D eigenvalue weighted by Gasteiger charge is 2.33. The van der Waals surface area contributed by atoms with E-state index in [0.717, 1.165) is 30.1 Å². The summed E-state index contributed by atoms with van der Waals surface area (Å²) in [5.74, 6) is -0.597. The first-order valence-corrected chi connectivity index (χ1v) is 9.77. The average Bonchev–Trinajstić information content (AvgIpc) is 3.18. The van der Waals surface area contributed by atoms with Gasteiger partial charge < -0.3 is 16.2 Å². The lowest BCUT2D eigenvalue weighted by atomic mass is 10.1. The molecular formula is C19H22N4O3S. The zero-order valence-corrected chi connectivity index (χ0v) is 15.6. The van der Waals surface area contributed by atoms with Gasteiger partial charge in [-0.1, -0.05) is 24.3 Å². The number of nitrogens with one attached hydrogen (secondary N) is 1. The number of primary amides is 2. The van der Waals surface area contributed by atoms with Gasteiger partial charge in [0.05, 0.1) is 17.8 Å². The number of thiophene rings is 1. The summed E-state index contributed by atoms with van der Waals surface area (Å²) in [6, 6.07) is 9.20. The summed E-state index contributed by atoms with van der Waals surface area (Å²) < 4.78 is 5.89. The number of carbonyl (C=O) groups excluding carboxylic acids is 2. The largest absolute Gasteiger partial charge is 0.372 e. The molecule has 142 valence electrons. The van der Waals surface area contributed by atoms with Gasteiger partial charge in [0.25, 0.3) is 5.91 Å². The van der Waals surface area contributed by atoms with Crippen LogP contribution in [-0.4, -0.2) is 42.1 Å². The van der Waals surface area contributed by atoms with Gasteiger partial charge in [-0.15, -0.1) is 11.3 Å². The number of nitrogens with zero attached hydrogens (tertiary/aromatic N) is 1. The molecule has 2 aromatic rings. The average molecular weight is 386 g/mol. The molecule has 3 heterocycles. The van der Waals surface area contributed by atoms with Crippen molar-refractivity contribution in [3.63, 3.8) is 0 Å². The lowest BCUT2D eigenvalue weighted by Gasteiger charge is -2.32. The number of carbonyl (C=O) groups is 2. The molecule has 2 bridgehead atoms. The van der Waals surface area contributed by atoms with Crippen LogP contribution in [0.3, 0.4) is 0 Å². The molecule has 0 radical (unpaired) electrons. The topological polar surface area (TPSA) is 111 Å². The van der Waals surface area contributed by atoms with Gasteiger partial charge in [0.15, 0.2) is 0 Å². The van der Waals surface area contributed by atoms with Crippen LogP contribution in [0, 0.1) is 0 Å². The predicted octanol–water partition coefficient (Wildman–Crippen LogP) is 2.37. The third kappa shape index (κ3) is 3.97. The first kappa shape index (κ1) is 18.0. The van der Waals surface area contributed by atoms with Gasteiger partial charge in [-0.25, -0.2) is 4.79 Å². The molecule has 8 heteroatoms. The van der Waals surface area contributed by atoms with Crippen LogP contribution >= 0.6 is 11.3 Å². The molecule has 3 amide bonds. The van der Waals surface area contributed by atoms with Crippen molar-refractivity contribution in [2.45, 2.75) is 31.6 Å². The SMILES string of the molecule is NC(=O)Nc1sc(-c2ccc(CN3CC4CCC(C3)O4)cc2)cc1C(N)=O. The minimum Gasteiger partial charge on any atom is -0.372 e. The number of rotatable bonds is 5. The van der Waals surface area contributed by atoms with Crippen molar-refractivity contribution in [1.29, 1.82) is 0 Å². The third-order valence-corrected chi connectivity index (χ3v) is 6.10. The molecule has 7 nitrogen and oxygen atoms in total. The van der Waals surface area contributed by atoms with Crippen LogP contribution in [0.1, 0.15) is 28.8 Å². The van der Waals surface area contributed by atoms with E-state index in [1.54, 1.807) is 6.07 Å². The van der Waals surface area contributed by atoms with E-state index in [1.165, 1.54) is 29.7 Å². The molecule has 2 fully saturated rings. The zero-order chi connectivity index (χ0) is 19.0. The molecular weight excluding hydrogens is 364 g/mol. The lowest BCUT2D eigenvalue weighted by Crippen LogP contribution is -2.41. The number of fused-ring (bicyclic) bond motifs is 2. The van der Waals surface area contributed by atoms with Gasteiger partial charge in [0, 0.05) is 24.5 Å². The van der Waals surface area contributed by atoms with Gasteiger partial charge in [-0.2, -0.15) is 0 Å². The van der Waals surface area contributed by atoms with Crippen molar-refractivity contribution in [2.75, 3.05) is 18.4 Å². The Morgan fingerprint density at radius 3 is 2.41 bits per heavy atom. The number of anilines is 1. The Kier molecular flexibility index (Phi) is 4.86. The van der Waals surface area contributed by atoms with E-state index in [-0.39, 0.29) is 5.56 Å². The number of benzene rings is 1. The second kappa shape index (κ2) is 7.30. The first-order chi connectivity index (χ1) is 13.0. The Morgan fingerprint density at radius 2 is 1.81 bits per heavy atom. The Balaban J connectivity index is 1.48. The van der Waals surface area contributed by atoms with Gasteiger partial charge >= 0.3 is 6.03 Å². The molecule has 27 heavy (non-hydrogen) atoms. The lowest BCUT2D eigenvalue weighted by molar-refractivity contribution is -0.0410. The van der Waals surface area contributed by atoms with Crippen LogP contribution in [0.25, 0.3) is 10.4 Å². The second-order valence-corrected chi connectivity index (χ2v) is 8.11. The summed E-state index contributed by atoms with van der Waals surface area (Å²) in [6.45, 7) is 2.89. The number of urea groups is 1. The number of likely N-dealkylation sites (tertiary alicyclic amines) is 1. The molecule has 0 aliphatic carbocycles. The van der Waals surface area contributed by atoms with Crippen molar-refractivity contribution >= 4 is 28.3 Å².